The first kappa shape index (κ1) is 29.5. The van der Waals surface area contributed by atoms with Crippen molar-refractivity contribution < 1.29 is 19.0 Å². The molecule has 5 rings (SSSR count). The number of hydrogen-bond donors (Lipinski definition) is 1. The summed E-state index contributed by atoms with van der Waals surface area (Å²) in [6.45, 7) is 8.38. The maximum absolute atomic E-state index is 12.6. The van der Waals surface area contributed by atoms with Crippen molar-refractivity contribution in [3.05, 3.63) is 78.9 Å². The second kappa shape index (κ2) is 13.8. The first-order chi connectivity index (χ1) is 20.3. The number of benzene rings is 2. The number of ether oxygens (including phenoxy) is 3. The average Bonchev–Trinajstić information content (AvgIpc) is 3.67. The number of carbonyl (C=O) groups excluding carboxylic acids is 1. The van der Waals surface area contributed by atoms with Crippen LogP contribution < -0.4 is 14.8 Å². The van der Waals surface area contributed by atoms with Crippen molar-refractivity contribution in [2.45, 2.75) is 70.7 Å². The molecule has 1 saturated carbocycles. The normalized spacial score (nSPS) is 13.7. The molecule has 2 aromatic heterocycles. The van der Waals surface area contributed by atoms with Crippen LogP contribution in [-0.4, -0.2) is 46.6 Å². The van der Waals surface area contributed by atoms with Gasteiger partial charge in [0.05, 0.1) is 0 Å². The molecule has 4 aromatic rings. The highest BCUT2D eigenvalue weighted by Crippen LogP contribution is 2.35. The molecule has 0 saturated heterocycles. The van der Waals surface area contributed by atoms with E-state index in [1.807, 2.05) is 48.5 Å². The van der Waals surface area contributed by atoms with Crippen LogP contribution in [0, 0.1) is 0 Å². The summed E-state index contributed by atoms with van der Waals surface area (Å²) in [6, 6.07) is 18.6. The zero-order valence-corrected chi connectivity index (χ0v) is 25.6. The molecule has 1 fully saturated rings. The number of aromatic nitrogens is 4. The van der Waals surface area contributed by atoms with Crippen molar-refractivity contribution in [3.63, 3.8) is 0 Å². The van der Waals surface area contributed by atoms with Crippen LogP contribution in [0.15, 0.2) is 73.3 Å². The third kappa shape index (κ3) is 8.26. The van der Waals surface area contributed by atoms with E-state index in [2.05, 4.69) is 40.0 Å². The van der Waals surface area contributed by atoms with Crippen LogP contribution in [0.25, 0.3) is 22.5 Å². The summed E-state index contributed by atoms with van der Waals surface area (Å²) in [7, 11) is -1.19. The van der Waals surface area contributed by atoms with Gasteiger partial charge in [-0.15, -0.1) is 0 Å². The lowest BCUT2D eigenvalue weighted by molar-refractivity contribution is 0.0796. The monoisotopic (exact) mass is 585 g/mol. The molecule has 1 amide bonds. The highest BCUT2D eigenvalue weighted by molar-refractivity contribution is 6.76. The molecule has 0 atom stereocenters. The van der Waals surface area contributed by atoms with Crippen LogP contribution in [-0.2, 0) is 18.1 Å². The van der Waals surface area contributed by atoms with Crippen LogP contribution in [0.2, 0.25) is 25.7 Å². The van der Waals surface area contributed by atoms with E-state index in [4.69, 9.17) is 14.2 Å². The Morgan fingerprint density at radius 1 is 1.02 bits per heavy atom. The molecule has 0 bridgehead atoms. The van der Waals surface area contributed by atoms with Gasteiger partial charge in [-0.3, -0.25) is 4.98 Å². The summed E-state index contributed by atoms with van der Waals surface area (Å²) in [5.74, 6) is 1.74. The van der Waals surface area contributed by atoms with Crippen molar-refractivity contribution in [1.29, 1.82) is 0 Å². The Hall–Kier alpha value is -4.02. The summed E-state index contributed by atoms with van der Waals surface area (Å²) in [5, 5.41) is 7.35. The van der Waals surface area contributed by atoms with E-state index >= 15 is 0 Å². The highest BCUT2D eigenvalue weighted by Gasteiger charge is 2.19. The second-order valence-corrected chi connectivity index (χ2v) is 17.5. The molecule has 1 aliphatic rings. The molecular weight excluding hydrogens is 546 g/mol. The van der Waals surface area contributed by atoms with Gasteiger partial charge in [0.25, 0.3) is 0 Å². The van der Waals surface area contributed by atoms with Crippen molar-refractivity contribution >= 4 is 14.2 Å². The Labute approximate surface area is 248 Å². The Morgan fingerprint density at radius 3 is 2.60 bits per heavy atom. The fourth-order valence-electron chi connectivity index (χ4n) is 4.85. The van der Waals surface area contributed by atoms with Crippen molar-refractivity contribution in [3.8, 4) is 34.0 Å². The summed E-state index contributed by atoms with van der Waals surface area (Å²) >= 11 is 0. The van der Waals surface area contributed by atoms with E-state index in [1.54, 1.807) is 23.1 Å². The van der Waals surface area contributed by atoms with Crippen LogP contribution in [0.5, 0.6) is 11.5 Å². The molecule has 220 valence electrons. The van der Waals surface area contributed by atoms with Crippen molar-refractivity contribution in [2.75, 3.05) is 6.61 Å². The molecule has 0 aliphatic heterocycles. The van der Waals surface area contributed by atoms with Gasteiger partial charge in [-0.2, -0.15) is 5.10 Å². The van der Waals surface area contributed by atoms with Crippen LogP contribution >= 0.6 is 0 Å². The molecule has 9 nitrogen and oxygen atoms in total. The van der Waals surface area contributed by atoms with Gasteiger partial charge in [-0.25, -0.2) is 14.5 Å². The summed E-state index contributed by atoms with van der Waals surface area (Å²) in [4.78, 5) is 21.6. The largest absolute Gasteiger partial charge is 0.488 e. The van der Waals surface area contributed by atoms with E-state index in [9.17, 15) is 4.79 Å². The van der Waals surface area contributed by atoms with Gasteiger partial charge in [0.15, 0.2) is 5.82 Å². The molecular formula is C32H39N5O4Si. The lowest BCUT2D eigenvalue weighted by Gasteiger charge is -2.16. The molecule has 10 heteroatoms. The van der Waals surface area contributed by atoms with E-state index < -0.39 is 14.2 Å². The van der Waals surface area contributed by atoms with Gasteiger partial charge in [-0.1, -0.05) is 62.8 Å². The lowest BCUT2D eigenvalue weighted by atomic mass is 10.0. The van der Waals surface area contributed by atoms with Gasteiger partial charge < -0.3 is 19.5 Å². The Balaban J connectivity index is 1.38. The Morgan fingerprint density at radius 2 is 1.81 bits per heavy atom. The van der Waals surface area contributed by atoms with E-state index in [-0.39, 0.29) is 6.04 Å². The third-order valence-electron chi connectivity index (χ3n) is 7.21. The van der Waals surface area contributed by atoms with Crippen molar-refractivity contribution in [2.24, 2.45) is 0 Å². The minimum Gasteiger partial charge on any atom is -0.488 e. The molecule has 2 aromatic carbocycles. The van der Waals surface area contributed by atoms with Crippen LogP contribution in [0.4, 0.5) is 4.79 Å². The van der Waals surface area contributed by atoms with Crippen LogP contribution in [0.1, 0.15) is 31.2 Å². The number of rotatable bonds is 12. The quantitative estimate of drug-likeness (QED) is 0.142. The number of pyridine rings is 1. The number of nitrogens with zero attached hydrogens (tertiary/aromatic N) is 4. The van der Waals surface area contributed by atoms with Gasteiger partial charge in [0.2, 0.25) is 0 Å². The zero-order valence-electron chi connectivity index (χ0n) is 24.6. The smallest absolute Gasteiger partial charge is 0.412 e. The van der Waals surface area contributed by atoms with E-state index in [1.165, 1.54) is 6.33 Å². The topological polar surface area (TPSA) is 100 Å². The van der Waals surface area contributed by atoms with Crippen LogP contribution in [0.3, 0.4) is 0 Å². The SMILES string of the molecule is C[Si](C)(C)CCOCn1ncnc1-c1cncc(-c2cc(OC(=O)NC3CCCC3)ccc2OCc2ccccc2)c1. The van der Waals surface area contributed by atoms with Gasteiger partial charge >= 0.3 is 6.09 Å². The molecule has 0 spiro atoms. The molecule has 2 heterocycles. The zero-order chi connectivity index (χ0) is 29.4. The maximum atomic E-state index is 12.6. The fraction of sp³-hybridized carbons (Fsp3) is 0.375. The third-order valence-corrected chi connectivity index (χ3v) is 8.91. The standard InChI is InChI=1S/C32H39N5O4Si/c1-42(2,3)16-15-39-23-37-31(34-22-35-37)26-17-25(19-33-20-26)29-18-28(41-32(38)36-27-11-7-8-12-27)13-14-30(29)40-21-24-9-5-4-6-10-24/h4-6,9-10,13-14,17-20,22,27H,7-8,11-12,15-16,21,23H2,1-3H3,(H,36,38). The predicted molar refractivity (Wildman–Crippen MR) is 165 cm³/mol. The minimum absolute atomic E-state index is 0.170. The van der Waals surface area contributed by atoms with Gasteiger partial charge in [0.1, 0.15) is 31.2 Å². The molecule has 42 heavy (non-hydrogen) atoms. The number of nitrogens with one attached hydrogen (secondary N) is 1. The van der Waals surface area contributed by atoms with Gasteiger partial charge in [0, 0.05) is 49.8 Å². The average molecular weight is 586 g/mol. The molecule has 0 radical (unpaired) electrons. The second-order valence-electron chi connectivity index (χ2n) is 11.8. The number of carbonyl (C=O) groups is 1. The Bertz CT molecular complexity index is 1470. The first-order valence-electron chi connectivity index (χ1n) is 14.5. The highest BCUT2D eigenvalue weighted by atomic mass is 28.3. The fourth-order valence-corrected chi connectivity index (χ4v) is 5.61. The molecule has 0 unspecified atom stereocenters. The number of amides is 1. The van der Waals surface area contributed by atoms with E-state index in [0.29, 0.717) is 37.3 Å². The lowest BCUT2D eigenvalue weighted by Crippen LogP contribution is -2.34. The number of hydrogen-bond acceptors (Lipinski definition) is 7. The maximum Gasteiger partial charge on any atom is 0.412 e. The first-order valence-corrected chi connectivity index (χ1v) is 18.3. The molecule has 1 N–H and O–H groups in total. The summed E-state index contributed by atoms with van der Waals surface area (Å²) in [6.07, 6.45) is 8.83. The van der Waals surface area contributed by atoms with Gasteiger partial charge in [-0.05, 0) is 48.7 Å². The Kier molecular flexibility index (Phi) is 9.65. The minimum atomic E-state index is -1.19. The van der Waals surface area contributed by atoms with Crippen molar-refractivity contribution in [1.82, 2.24) is 25.1 Å². The molecule has 1 aliphatic carbocycles. The predicted octanol–water partition coefficient (Wildman–Crippen LogP) is 6.93. The summed E-state index contributed by atoms with van der Waals surface area (Å²) < 4.78 is 19.6. The summed E-state index contributed by atoms with van der Waals surface area (Å²) in [5.41, 5.74) is 3.39. The van der Waals surface area contributed by atoms with E-state index in [0.717, 1.165) is 54.0 Å².